The van der Waals surface area contributed by atoms with Crippen molar-refractivity contribution < 1.29 is 4.39 Å². The van der Waals surface area contributed by atoms with Crippen molar-refractivity contribution in [3.8, 4) is 0 Å². The van der Waals surface area contributed by atoms with Gasteiger partial charge in [-0.15, -0.1) is 0 Å². The van der Waals surface area contributed by atoms with Gasteiger partial charge in [0.25, 0.3) is 0 Å². The van der Waals surface area contributed by atoms with Crippen LogP contribution in [0.2, 0.25) is 0 Å². The molecule has 3 aromatic rings. The van der Waals surface area contributed by atoms with Gasteiger partial charge < -0.3 is 10.2 Å². The van der Waals surface area contributed by atoms with E-state index in [0.717, 1.165) is 37.2 Å². The molecule has 0 unspecified atom stereocenters. The molecule has 1 N–H and O–H groups in total. The van der Waals surface area contributed by atoms with Crippen LogP contribution in [-0.4, -0.2) is 40.5 Å². The Morgan fingerprint density at radius 1 is 1.10 bits per heavy atom. The highest BCUT2D eigenvalue weighted by atomic mass is 19.1. The van der Waals surface area contributed by atoms with Crippen LogP contribution in [0.5, 0.6) is 0 Å². The summed E-state index contributed by atoms with van der Waals surface area (Å²) in [5, 5.41) is 3.25. The lowest BCUT2D eigenvalue weighted by atomic mass is 10.3. The van der Waals surface area contributed by atoms with Gasteiger partial charge in [0.1, 0.15) is 0 Å². The molecule has 1 fully saturated rings. The van der Waals surface area contributed by atoms with Gasteiger partial charge in [-0.2, -0.15) is 4.98 Å². The van der Waals surface area contributed by atoms with E-state index < -0.39 is 0 Å². The van der Waals surface area contributed by atoms with E-state index in [1.807, 2.05) is 29.2 Å². The smallest absolute Gasteiger partial charge is 0.236 e. The topological polar surface area (TPSA) is 45.5 Å². The summed E-state index contributed by atoms with van der Waals surface area (Å²) < 4.78 is 16.0. The molecule has 0 spiro atoms. The van der Waals surface area contributed by atoms with E-state index in [4.69, 9.17) is 0 Å². The van der Waals surface area contributed by atoms with Crippen LogP contribution < -0.4 is 10.2 Å². The largest absolute Gasteiger partial charge is 0.351 e. The van der Waals surface area contributed by atoms with Gasteiger partial charge in [0.05, 0.1) is 17.2 Å². The summed E-state index contributed by atoms with van der Waals surface area (Å²) in [6.45, 7) is 3.23. The number of para-hydroxylation sites is 2. The third-order valence-electron chi connectivity index (χ3n) is 3.66. The molecule has 2 aromatic heterocycles. The van der Waals surface area contributed by atoms with E-state index in [0.29, 0.717) is 11.6 Å². The molecule has 1 aliphatic rings. The molecule has 1 saturated heterocycles. The highest BCUT2D eigenvalue weighted by molar-refractivity contribution is 5.79. The van der Waals surface area contributed by atoms with Crippen molar-refractivity contribution in [1.82, 2.24) is 19.7 Å². The number of hydrogen-bond donors (Lipinski definition) is 1. The lowest BCUT2D eigenvalue weighted by molar-refractivity contribution is 0.556. The maximum absolute atomic E-state index is 14.3. The first-order chi connectivity index (χ1) is 9.83. The first-order valence-corrected chi connectivity index (χ1v) is 6.72. The Balaban J connectivity index is 1.90. The van der Waals surface area contributed by atoms with Crippen molar-refractivity contribution >= 4 is 22.6 Å². The van der Waals surface area contributed by atoms with Crippen LogP contribution in [0.25, 0.3) is 16.8 Å². The van der Waals surface area contributed by atoms with Gasteiger partial charge in [-0.3, -0.25) is 4.40 Å². The second kappa shape index (κ2) is 4.42. The lowest BCUT2D eigenvalue weighted by Crippen LogP contribution is -2.44. The van der Waals surface area contributed by atoms with Crippen molar-refractivity contribution in [3.05, 3.63) is 36.3 Å². The van der Waals surface area contributed by atoms with Gasteiger partial charge in [-0.05, 0) is 12.1 Å². The fourth-order valence-electron chi connectivity index (χ4n) is 2.66. The second-order valence-electron chi connectivity index (χ2n) is 4.92. The number of rotatable bonds is 1. The highest BCUT2D eigenvalue weighted by Crippen LogP contribution is 2.21. The number of piperazine rings is 1. The summed E-state index contributed by atoms with van der Waals surface area (Å²) >= 11 is 0. The highest BCUT2D eigenvalue weighted by Gasteiger charge is 2.18. The minimum atomic E-state index is -0.303. The summed E-state index contributed by atoms with van der Waals surface area (Å²) in [4.78, 5) is 10.8. The van der Waals surface area contributed by atoms with Gasteiger partial charge in [0, 0.05) is 26.2 Å². The van der Waals surface area contributed by atoms with Gasteiger partial charge in [0.2, 0.25) is 5.78 Å². The molecule has 102 valence electrons. The normalized spacial score (nSPS) is 16.1. The third-order valence-corrected chi connectivity index (χ3v) is 3.66. The molecular weight excluding hydrogens is 257 g/mol. The van der Waals surface area contributed by atoms with Gasteiger partial charge in [-0.25, -0.2) is 9.37 Å². The second-order valence-corrected chi connectivity index (χ2v) is 4.92. The molecule has 4 rings (SSSR count). The molecule has 0 aliphatic carbocycles. The standard InChI is InChI=1S/C14H14FN5/c15-10-9-20-12-4-2-1-3-11(12)17-14(20)18-13(10)19-7-5-16-6-8-19/h1-4,9,16H,5-8H2. The average Bonchev–Trinajstić information content (AvgIpc) is 2.85. The monoisotopic (exact) mass is 271 g/mol. The zero-order chi connectivity index (χ0) is 13.5. The summed E-state index contributed by atoms with van der Waals surface area (Å²) in [6, 6.07) is 7.66. The van der Waals surface area contributed by atoms with Crippen LogP contribution in [-0.2, 0) is 0 Å². The minimum Gasteiger partial charge on any atom is -0.351 e. The lowest BCUT2D eigenvalue weighted by Gasteiger charge is -2.28. The van der Waals surface area contributed by atoms with Gasteiger partial charge >= 0.3 is 0 Å². The van der Waals surface area contributed by atoms with Crippen LogP contribution in [0.3, 0.4) is 0 Å². The molecular formula is C14H14FN5. The Labute approximate surface area is 115 Å². The predicted octanol–water partition coefficient (Wildman–Crippen LogP) is 1.43. The van der Waals surface area contributed by atoms with Crippen molar-refractivity contribution in [2.45, 2.75) is 0 Å². The number of nitrogens with one attached hydrogen (secondary N) is 1. The van der Waals surface area contributed by atoms with Crippen molar-refractivity contribution in [1.29, 1.82) is 0 Å². The van der Waals surface area contributed by atoms with Crippen LogP contribution >= 0.6 is 0 Å². The van der Waals surface area contributed by atoms with E-state index in [2.05, 4.69) is 15.3 Å². The number of halogens is 1. The molecule has 20 heavy (non-hydrogen) atoms. The molecule has 0 radical (unpaired) electrons. The predicted molar refractivity (Wildman–Crippen MR) is 75.5 cm³/mol. The number of aromatic nitrogens is 3. The SMILES string of the molecule is Fc1cn2c(nc1N1CCNCC1)nc1ccccc12. The maximum Gasteiger partial charge on any atom is 0.236 e. The fraction of sp³-hybridized carbons (Fsp3) is 0.286. The molecule has 5 nitrogen and oxygen atoms in total. The van der Waals surface area contributed by atoms with Gasteiger partial charge in [-0.1, -0.05) is 12.1 Å². The van der Waals surface area contributed by atoms with Crippen molar-refractivity contribution in [2.75, 3.05) is 31.1 Å². The first-order valence-electron chi connectivity index (χ1n) is 6.72. The molecule has 0 bridgehead atoms. The Bertz CT molecular complexity index is 776. The van der Waals surface area contributed by atoms with Crippen molar-refractivity contribution in [2.24, 2.45) is 0 Å². The van der Waals surface area contributed by atoms with E-state index in [1.165, 1.54) is 6.20 Å². The number of anilines is 1. The van der Waals surface area contributed by atoms with Gasteiger partial charge in [0.15, 0.2) is 11.6 Å². The van der Waals surface area contributed by atoms with Crippen LogP contribution in [0.1, 0.15) is 0 Å². The molecule has 0 atom stereocenters. The zero-order valence-corrected chi connectivity index (χ0v) is 10.9. The Morgan fingerprint density at radius 2 is 1.90 bits per heavy atom. The van der Waals surface area contributed by atoms with Crippen LogP contribution in [0.4, 0.5) is 10.2 Å². The number of fused-ring (bicyclic) bond motifs is 3. The number of hydrogen-bond acceptors (Lipinski definition) is 4. The first kappa shape index (κ1) is 11.6. The summed E-state index contributed by atoms with van der Waals surface area (Å²) in [6.07, 6.45) is 1.48. The van der Waals surface area contributed by atoms with E-state index >= 15 is 0 Å². The van der Waals surface area contributed by atoms with E-state index in [-0.39, 0.29) is 5.82 Å². The van der Waals surface area contributed by atoms with E-state index in [1.54, 1.807) is 4.40 Å². The molecule has 3 heterocycles. The Morgan fingerprint density at radius 3 is 2.75 bits per heavy atom. The number of imidazole rings is 1. The molecule has 0 amide bonds. The molecule has 6 heteroatoms. The summed E-state index contributed by atoms with van der Waals surface area (Å²) in [7, 11) is 0. The fourth-order valence-corrected chi connectivity index (χ4v) is 2.66. The molecule has 1 aromatic carbocycles. The zero-order valence-electron chi connectivity index (χ0n) is 10.9. The van der Waals surface area contributed by atoms with Crippen molar-refractivity contribution in [3.63, 3.8) is 0 Å². The average molecular weight is 271 g/mol. The Kier molecular flexibility index (Phi) is 2.56. The maximum atomic E-state index is 14.3. The minimum absolute atomic E-state index is 0.303. The number of benzene rings is 1. The summed E-state index contributed by atoms with van der Waals surface area (Å²) in [5.41, 5.74) is 1.71. The molecule has 0 saturated carbocycles. The molecule has 1 aliphatic heterocycles. The quantitative estimate of drug-likeness (QED) is 0.727. The van der Waals surface area contributed by atoms with Crippen LogP contribution in [0, 0.1) is 5.82 Å². The Hall–Kier alpha value is -2.21. The summed E-state index contributed by atoms with van der Waals surface area (Å²) in [5.74, 6) is 0.637. The third kappa shape index (κ3) is 1.72. The van der Waals surface area contributed by atoms with Crippen LogP contribution in [0.15, 0.2) is 30.5 Å². The van der Waals surface area contributed by atoms with E-state index in [9.17, 15) is 4.39 Å². The number of nitrogens with zero attached hydrogens (tertiary/aromatic N) is 4.